The van der Waals surface area contributed by atoms with Gasteiger partial charge in [-0.25, -0.2) is 0 Å². The minimum atomic E-state index is -0.481. The third-order valence-electron chi connectivity index (χ3n) is 2.16. The molecule has 1 heterocycles. The van der Waals surface area contributed by atoms with Crippen LogP contribution in [0.25, 0.3) is 0 Å². The Bertz CT molecular complexity index is 358. The van der Waals surface area contributed by atoms with Crippen molar-refractivity contribution >= 4 is 36.4 Å². The van der Waals surface area contributed by atoms with Gasteiger partial charge in [0, 0.05) is 6.20 Å². The first-order chi connectivity index (χ1) is 7.00. The van der Waals surface area contributed by atoms with Crippen LogP contribution in [0, 0.1) is 12.8 Å². The molecule has 0 unspecified atom stereocenters. The zero-order valence-electron chi connectivity index (χ0n) is 10.1. The summed E-state index contributed by atoms with van der Waals surface area (Å²) >= 11 is 0. The first-order valence-corrected chi connectivity index (χ1v) is 4.99. The van der Waals surface area contributed by atoms with E-state index in [1.807, 2.05) is 26.8 Å². The number of pyridine rings is 1. The molecule has 0 aliphatic heterocycles. The lowest BCUT2D eigenvalue weighted by molar-refractivity contribution is -0.118. The molecule has 1 aromatic rings. The van der Waals surface area contributed by atoms with Gasteiger partial charge in [-0.05, 0) is 24.5 Å². The second-order valence-corrected chi connectivity index (χ2v) is 4.01. The van der Waals surface area contributed by atoms with Gasteiger partial charge in [-0.2, -0.15) is 0 Å². The molecule has 0 radical (unpaired) electrons. The van der Waals surface area contributed by atoms with Gasteiger partial charge < -0.3 is 11.1 Å². The second kappa shape index (κ2) is 8.28. The molecule has 0 spiro atoms. The Hall–Kier alpha value is -0.840. The van der Waals surface area contributed by atoms with E-state index in [1.54, 1.807) is 12.4 Å². The molecule has 4 nitrogen and oxygen atoms in total. The number of carbonyl (C=O) groups is 1. The van der Waals surface area contributed by atoms with E-state index in [0.29, 0.717) is 5.69 Å². The van der Waals surface area contributed by atoms with Gasteiger partial charge in [0.15, 0.2) is 0 Å². The maximum Gasteiger partial charge on any atom is 0.241 e. The number of nitrogens with two attached hydrogens (primary N) is 1. The lowest BCUT2D eigenvalue weighted by Gasteiger charge is -2.15. The maximum atomic E-state index is 11.6. The molecule has 0 aliphatic rings. The normalized spacial score (nSPS) is 11.1. The van der Waals surface area contributed by atoms with Crippen LogP contribution in [0.5, 0.6) is 0 Å². The average molecular weight is 280 g/mol. The lowest BCUT2D eigenvalue weighted by atomic mass is 10.1. The number of halogens is 2. The summed E-state index contributed by atoms with van der Waals surface area (Å²) in [7, 11) is 0. The fourth-order valence-electron chi connectivity index (χ4n) is 1.15. The van der Waals surface area contributed by atoms with Crippen LogP contribution in [0.1, 0.15) is 19.4 Å². The molecule has 17 heavy (non-hydrogen) atoms. The summed E-state index contributed by atoms with van der Waals surface area (Å²) in [5, 5.41) is 2.74. The van der Waals surface area contributed by atoms with Crippen LogP contribution >= 0.6 is 24.8 Å². The van der Waals surface area contributed by atoms with Gasteiger partial charge in [0.05, 0.1) is 17.9 Å². The quantitative estimate of drug-likeness (QED) is 0.891. The molecule has 0 saturated carbocycles. The van der Waals surface area contributed by atoms with Gasteiger partial charge in [-0.3, -0.25) is 9.78 Å². The van der Waals surface area contributed by atoms with Crippen LogP contribution in [0.2, 0.25) is 0 Å². The SMILES string of the molecule is Cc1cncc(NC(=O)[C@H](N)C(C)C)c1.Cl.Cl. The zero-order chi connectivity index (χ0) is 11.4. The van der Waals surface area contributed by atoms with Gasteiger partial charge in [0.2, 0.25) is 5.91 Å². The molecular weight excluding hydrogens is 261 g/mol. The van der Waals surface area contributed by atoms with Crippen LogP contribution in [-0.2, 0) is 4.79 Å². The molecule has 98 valence electrons. The van der Waals surface area contributed by atoms with Crippen LogP contribution in [0.15, 0.2) is 18.5 Å². The molecular formula is C11H19Cl2N3O. The summed E-state index contributed by atoms with van der Waals surface area (Å²) in [5.41, 5.74) is 7.41. The number of nitrogens with one attached hydrogen (secondary N) is 1. The molecule has 6 heteroatoms. The Balaban J connectivity index is 0. The number of aryl methyl sites for hydroxylation is 1. The Morgan fingerprint density at radius 1 is 1.35 bits per heavy atom. The number of amides is 1. The number of anilines is 1. The smallest absolute Gasteiger partial charge is 0.241 e. The number of rotatable bonds is 3. The fraction of sp³-hybridized carbons (Fsp3) is 0.455. The summed E-state index contributed by atoms with van der Waals surface area (Å²) in [5.74, 6) is -0.0415. The predicted molar refractivity (Wildman–Crippen MR) is 74.9 cm³/mol. The maximum absolute atomic E-state index is 11.6. The highest BCUT2D eigenvalue weighted by Crippen LogP contribution is 2.08. The van der Waals surface area contributed by atoms with Crippen molar-refractivity contribution in [2.75, 3.05) is 5.32 Å². The average Bonchev–Trinajstić information content (AvgIpc) is 2.16. The number of hydrogen-bond donors (Lipinski definition) is 2. The molecule has 0 saturated heterocycles. The fourth-order valence-corrected chi connectivity index (χ4v) is 1.15. The molecule has 1 aromatic heterocycles. The van der Waals surface area contributed by atoms with E-state index in [0.717, 1.165) is 5.56 Å². The van der Waals surface area contributed by atoms with E-state index in [1.165, 1.54) is 0 Å². The van der Waals surface area contributed by atoms with Gasteiger partial charge in [-0.15, -0.1) is 24.8 Å². The summed E-state index contributed by atoms with van der Waals surface area (Å²) < 4.78 is 0. The minimum absolute atomic E-state index is 0. The molecule has 1 amide bonds. The Morgan fingerprint density at radius 2 is 1.94 bits per heavy atom. The number of aromatic nitrogens is 1. The highest BCUT2D eigenvalue weighted by molar-refractivity contribution is 5.94. The van der Waals surface area contributed by atoms with Gasteiger partial charge >= 0.3 is 0 Å². The topological polar surface area (TPSA) is 68.0 Å². The zero-order valence-corrected chi connectivity index (χ0v) is 11.8. The highest BCUT2D eigenvalue weighted by Gasteiger charge is 2.16. The van der Waals surface area contributed by atoms with Crippen molar-refractivity contribution < 1.29 is 4.79 Å². The standard InChI is InChI=1S/C11H17N3O.2ClH/c1-7(2)10(12)11(15)14-9-4-8(3)5-13-6-9;;/h4-7,10H,12H2,1-3H3,(H,14,15);2*1H/t10-;;/m1../s1. The van der Waals surface area contributed by atoms with Crippen LogP contribution in [0.3, 0.4) is 0 Å². The molecule has 0 bridgehead atoms. The van der Waals surface area contributed by atoms with Crippen molar-refractivity contribution in [2.45, 2.75) is 26.8 Å². The third-order valence-corrected chi connectivity index (χ3v) is 2.16. The molecule has 0 aromatic carbocycles. The van der Waals surface area contributed by atoms with Crippen LogP contribution in [0.4, 0.5) is 5.69 Å². The molecule has 3 N–H and O–H groups in total. The highest BCUT2D eigenvalue weighted by atomic mass is 35.5. The first-order valence-electron chi connectivity index (χ1n) is 4.99. The van der Waals surface area contributed by atoms with E-state index < -0.39 is 6.04 Å². The van der Waals surface area contributed by atoms with Crippen LogP contribution < -0.4 is 11.1 Å². The predicted octanol–water partition coefficient (Wildman–Crippen LogP) is 2.16. The van der Waals surface area contributed by atoms with Crippen molar-refractivity contribution in [3.63, 3.8) is 0 Å². The summed E-state index contributed by atoms with van der Waals surface area (Å²) in [4.78, 5) is 15.6. The molecule has 0 aliphatic carbocycles. The van der Waals surface area contributed by atoms with Gasteiger partial charge in [-0.1, -0.05) is 13.8 Å². The van der Waals surface area contributed by atoms with E-state index in [-0.39, 0.29) is 36.6 Å². The molecule has 1 atom stereocenters. The van der Waals surface area contributed by atoms with E-state index in [4.69, 9.17) is 5.73 Å². The number of hydrogen-bond acceptors (Lipinski definition) is 3. The Labute approximate surface area is 114 Å². The second-order valence-electron chi connectivity index (χ2n) is 4.01. The van der Waals surface area contributed by atoms with E-state index >= 15 is 0 Å². The minimum Gasteiger partial charge on any atom is -0.323 e. The lowest BCUT2D eigenvalue weighted by Crippen LogP contribution is -2.39. The molecule has 0 fully saturated rings. The number of nitrogens with zero attached hydrogens (tertiary/aromatic N) is 1. The van der Waals surface area contributed by atoms with Crippen molar-refractivity contribution in [3.05, 3.63) is 24.0 Å². The first kappa shape index (κ1) is 18.5. The van der Waals surface area contributed by atoms with E-state index in [9.17, 15) is 4.79 Å². The number of carbonyl (C=O) groups excluding carboxylic acids is 1. The van der Waals surface area contributed by atoms with Gasteiger partial charge in [0.1, 0.15) is 0 Å². The van der Waals surface area contributed by atoms with Gasteiger partial charge in [0.25, 0.3) is 0 Å². The Morgan fingerprint density at radius 3 is 2.41 bits per heavy atom. The van der Waals surface area contributed by atoms with Crippen molar-refractivity contribution in [1.82, 2.24) is 4.98 Å². The summed E-state index contributed by atoms with van der Waals surface area (Å²) in [6.07, 6.45) is 3.34. The summed E-state index contributed by atoms with van der Waals surface area (Å²) in [6, 6.07) is 1.38. The third kappa shape index (κ3) is 5.86. The van der Waals surface area contributed by atoms with Crippen molar-refractivity contribution in [3.8, 4) is 0 Å². The summed E-state index contributed by atoms with van der Waals surface area (Å²) in [6.45, 7) is 5.75. The largest absolute Gasteiger partial charge is 0.323 e. The Kier molecular flexibility index (Phi) is 9.02. The monoisotopic (exact) mass is 279 g/mol. The van der Waals surface area contributed by atoms with E-state index in [2.05, 4.69) is 10.3 Å². The molecule has 1 rings (SSSR count). The van der Waals surface area contributed by atoms with Crippen LogP contribution in [-0.4, -0.2) is 16.9 Å². The van der Waals surface area contributed by atoms with Crippen molar-refractivity contribution in [2.24, 2.45) is 11.7 Å². The van der Waals surface area contributed by atoms with Crippen molar-refractivity contribution in [1.29, 1.82) is 0 Å².